The molecule has 4 nitrogen and oxygen atoms in total. The Morgan fingerprint density at radius 2 is 2.31 bits per heavy atom. The summed E-state index contributed by atoms with van der Waals surface area (Å²) in [6.45, 7) is 0.696. The number of carbonyl (C=O) groups excluding carboxylic acids is 1. The third-order valence-electron chi connectivity index (χ3n) is 2.62. The zero-order chi connectivity index (χ0) is 11.5. The molecular weight excluding hydrogens is 270 g/mol. The van der Waals surface area contributed by atoms with Gasteiger partial charge in [-0.2, -0.15) is 0 Å². The number of carbonyl (C=O) groups is 1. The third kappa shape index (κ3) is 2.80. The molecule has 2 rings (SSSR count). The van der Waals surface area contributed by atoms with Gasteiger partial charge in [0, 0.05) is 18.8 Å². The molecule has 1 heterocycles. The van der Waals surface area contributed by atoms with E-state index >= 15 is 0 Å². The minimum absolute atomic E-state index is 0.0189. The molecule has 1 aliphatic rings. The summed E-state index contributed by atoms with van der Waals surface area (Å²) < 4.78 is 0.805. The first-order valence-corrected chi connectivity index (χ1v) is 6.10. The van der Waals surface area contributed by atoms with Crippen LogP contribution in [0.4, 0.5) is 0 Å². The summed E-state index contributed by atoms with van der Waals surface area (Å²) in [5.41, 5.74) is 6.44. The number of halogens is 1. The number of hydrogen-bond donors (Lipinski definition) is 1. The molecule has 0 atom stereocenters. The van der Waals surface area contributed by atoms with Crippen LogP contribution in [0.3, 0.4) is 0 Å². The lowest BCUT2D eigenvalue weighted by molar-refractivity contribution is -0.130. The Labute approximate surface area is 103 Å². The van der Waals surface area contributed by atoms with E-state index in [9.17, 15) is 4.79 Å². The molecule has 0 aromatic carbocycles. The first-order valence-electron chi connectivity index (χ1n) is 5.30. The quantitative estimate of drug-likeness (QED) is 0.848. The molecule has 2 N–H and O–H groups in total. The van der Waals surface area contributed by atoms with E-state index in [-0.39, 0.29) is 12.5 Å². The van der Waals surface area contributed by atoms with Crippen LogP contribution in [0, 0.1) is 0 Å². The van der Waals surface area contributed by atoms with Crippen LogP contribution in [0.1, 0.15) is 18.4 Å². The fourth-order valence-corrected chi connectivity index (χ4v) is 1.86. The lowest BCUT2D eigenvalue weighted by Crippen LogP contribution is -2.37. The summed E-state index contributed by atoms with van der Waals surface area (Å²) in [6, 6.07) is 4.24. The standard InChI is InChI=1S/C11H14BrN3O/c12-10-4-1-8(6-14-10)7-15(9-2-3-9)11(16)5-13/h1,4,6,9H,2-3,5,7,13H2. The van der Waals surface area contributed by atoms with Crippen LogP contribution < -0.4 is 5.73 Å². The van der Waals surface area contributed by atoms with Gasteiger partial charge in [-0.15, -0.1) is 0 Å². The normalized spacial score (nSPS) is 14.9. The van der Waals surface area contributed by atoms with Crippen molar-refractivity contribution >= 4 is 21.8 Å². The number of amides is 1. The van der Waals surface area contributed by atoms with Crippen molar-refractivity contribution in [2.75, 3.05) is 6.54 Å². The molecular formula is C11H14BrN3O. The molecule has 1 aromatic rings. The number of pyridine rings is 1. The molecule has 0 saturated heterocycles. The Bertz CT molecular complexity index is 375. The summed E-state index contributed by atoms with van der Waals surface area (Å²) >= 11 is 3.28. The van der Waals surface area contributed by atoms with Gasteiger partial charge in [0.05, 0.1) is 6.54 Å². The minimum atomic E-state index is 0.0189. The number of hydrogen-bond acceptors (Lipinski definition) is 3. The summed E-state index contributed by atoms with van der Waals surface area (Å²) in [6.07, 6.45) is 3.97. The number of aromatic nitrogens is 1. The van der Waals surface area contributed by atoms with E-state index in [1.807, 2.05) is 17.0 Å². The van der Waals surface area contributed by atoms with E-state index in [1.165, 1.54) is 0 Å². The van der Waals surface area contributed by atoms with Gasteiger partial charge >= 0.3 is 0 Å². The summed E-state index contributed by atoms with van der Waals surface area (Å²) in [5, 5.41) is 0. The Balaban J connectivity index is 2.05. The fourth-order valence-electron chi connectivity index (χ4n) is 1.62. The van der Waals surface area contributed by atoms with Crippen molar-refractivity contribution in [1.82, 2.24) is 9.88 Å². The van der Waals surface area contributed by atoms with Gasteiger partial charge in [-0.3, -0.25) is 4.79 Å². The second-order valence-corrected chi connectivity index (χ2v) is 4.76. The SMILES string of the molecule is NCC(=O)N(Cc1ccc(Br)nc1)C1CC1. The van der Waals surface area contributed by atoms with Crippen LogP contribution in [-0.2, 0) is 11.3 Å². The summed E-state index contributed by atoms with van der Waals surface area (Å²) in [5.74, 6) is 0.0189. The largest absolute Gasteiger partial charge is 0.334 e. The van der Waals surface area contributed by atoms with Crippen LogP contribution in [0.15, 0.2) is 22.9 Å². The summed E-state index contributed by atoms with van der Waals surface area (Å²) in [7, 11) is 0. The molecule has 0 radical (unpaired) electrons. The number of rotatable bonds is 4. The molecule has 86 valence electrons. The Kier molecular flexibility index (Phi) is 3.56. The molecule has 0 spiro atoms. The zero-order valence-electron chi connectivity index (χ0n) is 8.90. The molecule has 1 aromatic heterocycles. The van der Waals surface area contributed by atoms with Gasteiger partial charge in [-0.05, 0) is 40.4 Å². The topological polar surface area (TPSA) is 59.2 Å². The van der Waals surface area contributed by atoms with Crippen LogP contribution in [-0.4, -0.2) is 28.4 Å². The maximum atomic E-state index is 11.6. The van der Waals surface area contributed by atoms with Crippen LogP contribution in [0.5, 0.6) is 0 Å². The average molecular weight is 284 g/mol. The Morgan fingerprint density at radius 3 is 2.81 bits per heavy atom. The number of nitrogens with two attached hydrogens (primary N) is 1. The Morgan fingerprint density at radius 1 is 1.56 bits per heavy atom. The van der Waals surface area contributed by atoms with Crippen molar-refractivity contribution in [3.05, 3.63) is 28.5 Å². The maximum absolute atomic E-state index is 11.6. The molecule has 1 fully saturated rings. The van der Waals surface area contributed by atoms with Gasteiger partial charge in [0.25, 0.3) is 0 Å². The predicted octanol–water partition coefficient (Wildman–Crippen LogP) is 1.29. The lowest BCUT2D eigenvalue weighted by atomic mass is 10.2. The second kappa shape index (κ2) is 4.93. The van der Waals surface area contributed by atoms with E-state index in [2.05, 4.69) is 20.9 Å². The van der Waals surface area contributed by atoms with Crippen molar-refractivity contribution in [2.24, 2.45) is 5.73 Å². The van der Waals surface area contributed by atoms with Gasteiger partial charge in [0.1, 0.15) is 4.60 Å². The molecule has 0 bridgehead atoms. The van der Waals surface area contributed by atoms with Crippen molar-refractivity contribution in [3.63, 3.8) is 0 Å². The van der Waals surface area contributed by atoms with Crippen LogP contribution in [0.2, 0.25) is 0 Å². The van der Waals surface area contributed by atoms with Crippen LogP contribution in [0.25, 0.3) is 0 Å². The lowest BCUT2D eigenvalue weighted by Gasteiger charge is -2.21. The van der Waals surface area contributed by atoms with Gasteiger partial charge in [-0.1, -0.05) is 6.07 Å². The second-order valence-electron chi connectivity index (χ2n) is 3.95. The van der Waals surface area contributed by atoms with Crippen molar-refractivity contribution in [3.8, 4) is 0 Å². The highest BCUT2D eigenvalue weighted by Crippen LogP contribution is 2.28. The third-order valence-corrected chi connectivity index (χ3v) is 3.09. The van der Waals surface area contributed by atoms with E-state index < -0.39 is 0 Å². The molecule has 16 heavy (non-hydrogen) atoms. The maximum Gasteiger partial charge on any atom is 0.236 e. The highest BCUT2D eigenvalue weighted by atomic mass is 79.9. The Hall–Kier alpha value is -0.940. The predicted molar refractivity (Wildman–Crippen MR) is 64.6 cm³/mol. The van der Waals surface area contributed by atoms with Crippen molar-refractivity contribution < 1.29 is 4.79 Å². The monoisotopic (exact) mass is 283 g/mol. The zero-order valence-corrected chi connectivity index (χ0v) is 10.5. The van der Waals surface area contributed by atoms with Gasteiger partial charge in [-0.25, -0.2) is 4.98 Å². The highest BCUT2D eigenvalue weighted by Gasteiger charge is 2.31. The molecule has 0 aliphatic heterocycles. The minimum Gasteiger partial charge on any atom is -0.334 e. The van der Waals surface area contributed by atoms with Gasteiger partial charge in [0.2, 0.25) is 5.91 Å². The molecule has 0 unspecified atom stereocenters. The van der Waals surface area contributed by atoms with Crippen molar-refractivity contribution in [1.29, 1.82) is 0 Å². The van der Waals surface area contributed by atoms with Gasteiger partial charge in [0.15, 0.2) is 0 Å². The van der Waals surface area contributed by atoms with E-state index in [4.69, 9.17) is 5.73 Å². The molecule has 1 amide bonds. The average Bonchev–Trinajstić information content (AvgIpc) is 3.11. The molecule has 1 aliphatic carbocycles. The molecule has 5 heteroatoms. The van der Waals surface area contributed by atoms with E-state index in [0.717, 1.165) is 23.0 Å². The summed E-state index contributed by atoms with van der Waals surface area (Å²) in [4.78, 5) is 17.6. The van der Waals surface area contributed by atoms with Gasteiger partial charge < -0.3 is 10.6 Å². The fraction of sp³-hybridized carbons (Fsp3) is 0.455. The first kappa shape index (κ1) is 11.5. The van der Waals surface area contributed by atoms with E-state index in [0.29, 0.717) is 12.6 Å². The molecule has 1 saturated carbocycles. The highest BCUT2D eigenvalue weighted by molar-refractivity contribution is 9.10. The van der Waals surface area contributed by atoms with E-state index in [1.54, 1.807) is 6.20 Å². The number of nitrogens with zero attached hydrogens (tertiary/aromatic N) is 2. The van der Waals surface area contributed by atoms with Crippen molar-refractivity contribution in [2.45, 2.75) is 25.4 Å². The first-order chi connectivity index (χ1) is 7.70. The van der Waals surface area contributed by atoms with Crippen LogP contribution >= 0.6 is 15.9 Å². The smallest absolute Gasteiger partial charge is 0.236 e.